The molecule has 3 rings (SSSR count). The van der Waals surface area contributed by atoms with Gasteiger partial charge >= 0.3 is 0 Å². The van der Waals surface area contributed by atoms with Crippen molar-refractivity contribution in [3.8, 4) is 5.75 Å². The third-order valence-corrected chi connectivity index (χ3v) is 14.3. The smallest absolute Gasteiger partial charge is 0.251 e. The first-order chi connectivity index (χ1) is 19.4. The molecule has 40 heavy (non-hydrogen) atoms. The number of carbonyl (C=O) groups is 1. The van der Waals surface area contributed by atoms with E-state index in [2.05, 4.69) is 39.0 Å². The van der Waals surface area contributed by atoms with E-state index in [1.807, 2.05) is 42.5 Å². The lowest BCUT2D eigenvalue weighted by Crippen LogP contribution is -2.43. The molecule has 2 aromatic carbocycles. The van der Waals surface area contributed by atoms with Gasteiger partial charge in [-0.05, 0) is 36.1 Å². The Morgan fingerprint density at radius 1 is 0.975 bits per heavy atom. The summed E-state index contributed by atoms with van der Waals surface area (Å²) < 4.78 is 24.7. The van der Waals surface area contributed by atoms with Crippen LogP contribution in [0.15, 0.2) is 65.9 Å². The summed E-state index contributed by atoms with van der Waals surface area (Å²) in [7, 11) is 3.62. The molecule has 220 valence electrons. The molecule has 1 aliphatic rings. The Bertz CT molecular complexity index is 1040. The Hall–Kier alpha value is -2.45. The van der Waals surface area contributed by atoms with Gasteiger partial charge in [-0.15, -0.1) is 0 Å². The summed E-state index contributed by atoms with van der Waals surface area (Å²) in [6.07, 6.45) is 3.52. The number of ether oxygens (including phenoxy) is 4. The molecule has 0 aromatic heterocycles. The van der Waals surface area contributed by atoms with E-state index < -0.39 is 14.2 Å². The Morgan fingerprint density at radius 2 is 1.62 bits per heavy atom. The quantitative estimate of drug-likeness (QED) is 0.175. The molecule has 0 saturated heterocycles. The van der Waals surface area contributed by atoms with Crippen molar-refractivity contribution in [3.63, 3.8) is 0 Å². The number of nitrogens with zero attached hydrogens (tertiary/aromatic N) is 1. The summed E-state index contributed by atoms with van der Waals surface area (Å²) in [5.74, 6) is 0.829. The van der Waals surface area contributed by atoms with Crippen LogP contribution in [0.5, 0.6) is 5.75 Å². The molecule has 0 bridgehead atoms. The molecule has 1 amide bonds. The maximum absolute atomic E-state index is 13.1. The maximum atomic E-state index is 13.1. The highest BCUT2D eigenvalue weighted by molar-refractivity contribution is 6.86. The van der Waals surface area contributed by atoms with E-state index in [1.165, 1.54) is 23.3 Å². The van der Waals surface area contributed by atoms with Gasteiger partial charge in [0.2, 0.25) is 0 Å². The molecule has 2 aromatic rings. The summed E-state index contributed by atoms with van der Waals surface area (Å²) in [5, 5.41) is 1.53. The van der Waals surface area contributed by atoms with Crippen molar-refractivity contribution in [2.75, 3.05) is 27.8 Å². The van der Waals surface area contributed by atoms with Crippen LogP contribution in [0.3, 0.4) is 0 Å². The molecule has 3 atom stereocenters. The Morgan fingerprint density at radius 3 is 2.23 bits per heavy atom. The molecule has 1 aliphatic heterocycles. The van der Waals surface area contributed by atoms with Gasteiger partial charge in [-0.25, -0.2) is 0 Å². The van der Waals surface area contributed by atoms with Gasteiger partial charge in [-0.2, -0.15) is 0 Å². The van der Waals surface area contributed by atoms with Crippen LogP contribution in [0, 0.1) is 0 Å². The molecular weight excluding hydrogens is 518 g/mol. The molecule has 7 heteroatoms. The van der Waals surface area contributed by atoms with Gasteiger partial charge in [0.05, 0.1) is 40.6 Å². The van der Waals surface area contributed by atoms with E-state index in [0.717, 1.165) is 23.3 Å². The van der Waals surface area contributed by atoms with E-state index in [1.54, 1.807) is 26.1 Å². The van der Waals surface area contributed by atoms with Gasteiger partial charge in [0.1, 0.15) is 11.9 Å². The molecule has 0 unspecified atom stereocenters. The van der Waals surface area contributed by atoms with E-state index >= 15 is 0 Å². The van der Waals surface area contributed by atoms with Crippen LogP contribution in [0.4, 0.5) is 0 Å². The van der Waals surface area contributed by atoms with Gasteiger partial charge in [0.15, 0.2) is 0 Å². The highest BCUT2D eigenvalue weighted by atomic mass is 28.3. The number of rotatable bonds is 15. The molecule has 0 aliphatic carbocycles. The lowest BCUT2D eigenvalue weighted by atomic mass is 10.1. The van der Waals surface area contributed by atoms with E-state index in [4.69, 9.17) is 18.9 Å². The van der Waals surface area contributed by atoms with Crippen LogP contribution in [-0.2, 0) is 32.2 Å². The largest absolute Gasteiger partial charge is 0.497 e. The fourth-order valence-corrected chi connectivity index (χ4v) is 9.71. The molecule has 0 saturated carbocycles. The number of hydrogen-bond acceptors (Lipinski definition) is 5. The first-order valence-electron chi connectivity index (χ1n) is 14.8. The second-order valence-corrected chi connectivity index (χ2v) is 16.3. The third kappa shape index (κ3) is 8.77. The molecular formula is C33H49NO5Si. The lowest BCUT2D eigenvalue weighted by molar-refractivity contribution is -0.154. The maximum Gasteiger partial charge on any atom is 0.251 e. The van der Waals surface area contributed by atoms with Crippen molar-refractivity contribution in [1.82, 2.24) is 4.90 Å². The average molecular weight is 568 g/mol. The summed E-state index contributed by atoms with van der Waals surface area (Å²) in [4.78, 5) is 14.8. The molecule has 0 spiro atoms. The Balaban J connectivity index is 1.84. The third-order valence-electron chi connectivity index (χ3n) is 8.46. The van der Waals surface area contributed by atoms with Gasteiger partial charge in [0.25, 0.3) is 5.91 Å². The molecule has 0 fully saturated rings. The zero-order valence-corrected chi connectivity index (χ0v) is 26.4. The van der Waals surface area contributed by atoms with E-state index in [-0.39, 0.29) is 18.1 Å². The van der Waals surface area contributed by atoms with Gasteiger partial charge in [-0.1, -0.05) is 92.6 Å². The minimum absolute atomic E-state index is 0.00786. The van der Waals surface area contributed by atoms with Crippen LogP contribution in [-0.4, -0.2) is 65.0 Å². The van der Waals surface area contributed by atoms with Crippen LogP contribution >= 0.6 is 0 Å². The monoisotopic (exact) mass is 567 g/mol. The van der Waals surface area contributed by atoms with Crippen molar-refractivity contribution in [2.24, 2.45) is 0 Å². The van der Waals surface area contributed by atoms with E-state index in [9.17, 15) is 4.79 Å². The average Bonchev–Trinajstić information content (AvgIpc) is 3.22. The zero-order valence-electron chi connectivity index (χ0n) is 25.4. The van der Waals surface area contributed by atoms with Gasteiger partial charge in [0, 0.05) is 27.1 Å². The number of carbonyl (C=O) groups excluding carboxylic acids is 1. The summed E-state index contributed by atoms with van der Waals surface area (Å²) in [6.45, 7) is 8.55. The second kappa shape index (κ2) is 16.1. The molecule has 6 nitrogen and oxygen atoms in total. The van der Waals surface area contributed by atoms with E-state index in [0.29, 0.717) is 32.7 Å². The number of likely N-dealkylation sites (N-methyl/N-ethyl adjacent to an activating group) is 1. The van der Waals surface area contributed by atoms with Crippen molar-refractivity contribution >= 4 is 14.0 Å². The van der Waals surface area contributed by atoms with Crippen LogP contribution in [0.1, 0.15) is 51.2 Å². The van der Waals surface area contributed by atoms with Crippen molar-refractivity contribution < 1.29 is 23.7 Å². The van der Waals surface area contributed by atoms with Crippen molar-refractivity contribution in [3.05, 3.63) is 77.0 Å². The van der Waals surface area contributed by atoms with Crippen LogP contribution in [0.25, 0.3) is 0 Å². The highest BCUT2D eigenvalue weighted by Crippen LogP contribution is 2.36. The zero-order chi connectivity index (χ0) is 29.0. The predicted octanol–water partition coefficient (Wildman–Crippen LogP) is 6.80. The predicted molar refractivity (Wildman–Crippen MR) is 164 cm³/mol. The van der Waals surface area contributed by atoms with Crippen LogP contribution in [0.2, 0.25) is 18.1 Å². The Kier molecular flexibility index (Phi) is 12.9. The van der Waals surface area contributed by atoms with Gasteiger partial charge < -0.3 is 23.8 Å². The first kappa shape index (κ1) is 32.1. The fraction of sp³-hybridized carbons (Fsp3) is 0.545. The minimum atomic E-state index is -1.65. The summed E-state index contributed by atoms with van der Waals surface area (Å²) >= 11 is 0. The SMILES string of the molecule is CC[Si](CC)(CC)C1=CC[C@H](C(=O)N(C)C)O[C@H]([C@H](CCOCc2ccccc2)OCc2ccc(OC)cc2)C1. The van der Waals surface area contributed by atoms with Crippen molar-refractivity contribution in [1.29, 1.82) is 0 Å². The number of methoxy groups -OCH3 is 1. The van der Waals surface area contributed by atoms with Crippen LogP contribution < -0.4 is 4.74 Å². The highest BCUT2D eigenvalue weighted by Gasteiger charge is 2.39. The second-order valence-electron chi connectivity index (χ2n) is 10.9. The molecule has 0 N–H and O–H groups in total. The standard InChI is InChI=1S/C33H49NO5Si/c1-7-40(8-2,9-3)29-19-20-31(33(35)34(4)5)39-32(23-29)30(21-22-37-24-26-13-11-10-12-14-26)38-25-27-15-17-28(36-6)18-16-27/h10-19,30-32H,7-9,20-25H2,1-6H3/t30-,31+,32-/m0/s1. The molecule has 1 heterocycles. The molecule has 0 radical (unpaired) electrons. The number of hydrogen-bond donors (Lipinski definition) is 0. The Labute approximate surface area is 242 Å². The topological polar surface area (TPSA) is 57.2 Å². The van der Waals surface area contributed by atoms with Crippen molar-refractivity contribution in [2.45, 2.75) is 89.7 Å². The van der Waals surface area contributed by atoms with Gasteiger partial charge in [-0.3, -0.25) is 4.79 Å². The number of benzene rings is 2. The summed E-state index contributed by atoms with van der Waals surface area (Å²) in [6, 6.07) is 21.8. The minimum Gasteiger partial charge on any atom is -0.497 e. The number of amides is 1. The normalized spacial score (nSPS) is 18.5. The fourth-order valence-electron chi connectivity index (χ4n) is 5.66. The lowest BCUT2D eigenvalue weighted by Gasteiger charge is -2.35. The summed E-state index contributed by atoms with van der Waals surface area (Å²) in [5.41, 5.74) is 2.22. The first-order valence-corrected chi connectivity index (χ1v) is 17.4.